The summed E-state index contributed by atoms with van der Waals surface area (Å²) in [5.74, 6) is -3.47. The molecule has 1 aliphatic heterocycles. The number of methoxy groups -OCH3 is 1. The Morgan fingerprint density at radius 2 is 1.53 bits per heavy atom. The summed E-state index contributed by atoms with van der Waals surface area (Å²) in [6.07, 6.45) is -7.79. The van der Waals surface area contributed by atoms with Crippen LogP contribution in [-0.4, -0.2) is 73.7 Å². The number of nitro groups is 1. The smallest absolute Gasteiger partial charge is 0.339 e. The topological polar surface area (TPSA) is 179 Å². The summed E-state index contributed by atoms with van der Waals surface area (Å²) in [4.78, 5) is 58.2. The molecule has 1 saturated heterocycles. The summed E-state index contributed by atoms with van der Waals surface area (Å²) < 4.78 is 31.8. The highest BCUT2D eigenvalue weighted by molar-refractivity contribution is 5.77. The van der Waals surface area contributed by atoms with E-state index < -0.39 is 59.5 Å². The van der Waals surface area contributed by atoms with Crippen LogP contribution >= 0.6 is 0 Å². The number of rotatable bonds is 8. The van der Waals surface area contributed by atoms with Crippen LogP contribution in [0.25, 0.3) is 0 Å². The highest BCUT2D eigenvalue weighted by atomic mass is 16.7. The third-order valence-electron chi connectivity index (χ3n) is 4.52. The highest BCUT2D eigenvalue weighted by Crippen LogP contribution is 2.35. The Labute approximate surface area is 193 Å². The molecule has 0 radical (unpaired) electrons. The van der Waals surface area contributed by atoms with E-state index in [0.717, 1.165) is 33.9 Å². The average Bonchev–Trinajstić information content (AvgIpc) is 2.76. The molecule has 0 spiro atoms. The molecule has 14 heteroatoms. The van der Waals surface area contributed by atoms with Gasteiger partial charge in [-0.05, 0) is 6.07 Å². The van der Waals surface area contributed by atoms with Crippen molar-refractivity contribution >= 4 is 35.3 Å². The van der Waals surface area contributed by atoms with Crippen LogP contribution in [0.15, 0.2) is 18.2 Å². The summed E-state index contributed by atoms with van der Waals surface area (Å²) in [5.41, 5.74) is -0.0712. The van der Waals surface area contributed by atoms with E-state index in [4.69, 9.17) is 28.4 Å². The molecule has 0 aromatic heterocycles. The molecule has 5 atom stereocenters. The summed E-state index contributed by atoms with van der Waals surface area (Å²) in [6, 6.07) is 3.59. The minimum absolute atomic E-state index is 0.0198. The molecule has 1 fully saturated rings. The quantitative estimate of drug-likeness (QED) is 0.236. The molecule has 0 aliphatic carbocycles. The Morgan fingerprint density at radius 3 is 2.03 bits per heavy atom. The molecule has 1 heterocycles. The SMILES string of the molecule is CNc1cc([N+](=O)[O-])ccc1O[C@@H]1O[C@H](C(=O)OC)[C@@H](OC(C)=O)[C@H](OC(C)=O)[C@H]1OC(C)=O. The van der Waals surface area contributed by atoms with Gasteiger partial charge in [-0.25, -0.2) is 4.79 Å². The Hall–Kier alpha value is -3.94. The van der Waals surface area contributed by atoms with E-state index in [9.17, 15) is 29.3 Å². The first-order chi connectivity index (χ1) is 16.0. The molecule has 2 rings (SSSR count). The largest absolute Gasteiger partial charge is 0.467 e. The lowest BCUT2D eigenvalue weighted by Crippen LogP contribution is -2.64. The molecular weight excluding hydrogens is 460 g/mol. The van der Waals surface area contributed by atoms with E-state index >= 15 is 0 Å². The number of esters is 4. The number of non-ortho nitro benzene ring substituents is 1. The zero-order valence-corrected chi connectivity index (χ0v) is 19.0. The van der Waals surface area contributed by atoms with Gasteiger partial charge in [-0.2, -0.15) is 0 Å². The maximum Gasteiger partial charge on any atom is 0.339 e. The van der Waals surface area contributed by atoms with E-state index in [2.05, 4.69) is 5.32 Å². The number of nitrogens with one attached hydrogen (secondary N) is 1. The molecule has 0 unspecified atom stereocenters. The van der Waals surface area contributed by atoms with Crippen molar-refractivity contribution < 1.29 is 52.5 Å². The van der Waals surface area contributed by atoms with Gasteiger partial charge in [0.2, 0.25) is 12.4 Å². The molecule has 1 aromatic rings. The van der Waals surface area contributed by atoms with Crippen molar-refractivity contribution in [3.8, 4) is 5.75 Å². The first kappa shape index (κ1) is 26.3. The maximum absolute atomic E-state index is 12.4. The van der Waals surface area contributed by atoms with Crippen LogP contribution in [0.3, 0.4) is 0 Å². The number of carbonyl (C=O) groups excluding carboxylic acids is 4. The van der Waals surface area contributed by atoms with E-state index in [0.29, 0.717) is 0 Å². The summed E-state index contributed by atoms with van der Waals surface area (Å²) in [5, 5.41) is 13.8. The molecular formula is C20H24N2O12. The number of nitrogens with zero attached hydrogens (tertiary/aromatic N) is 1. The standard InChI is InChI=1S/C20H24N2O12/c1-9(23)30-15-16(31-10(2)24)18(32-11(3)25)20(34-17(15)19(26)29-5)33-14-7-6-12(22(27)28)8-13(14)21-4/h6-8,15-18,20-21H,1-5H3/t15-,16-,17-,18+,20+/m0/s1. The van der Waals surface area contributed by atoms with Crippen molar-refractivity contribution in [2.75, 3.05) is 19.5 Å². The van der Waals surface area contributed by atoms with Crippen LogP contribution in [-0.2, 0) is 42.9 Å². The van der Waals surface area contributed by atoms with Gasteiger partial charge >= 0.3 is 23.9 Å². The van der Waals surface area contributed by atoms with Crippen molar-refractivity contribution in [2.24, 2.45) is 0 Å². The number of anilines is 1. The number of hydrogen-bond acceptors (Lipinski definition) is 13. The van der Waals surface area contributed by atoms with Gasteiger partial charge in [-0.15, -0.1) is 0 Å². The second-order valence-electron chi connectivity index (χ2n) is 6.98. The predicted octanol–water partition coefficient (Wildman–Crippen LogP) is 0.708. The maximum atomic E-state index is 12.4. The molecule has 34 heavy (non-hydrogen) atoms. The minimum atomic E-state index is -1.63. The van der Waals surface area contributed by atoms with Crippen molar-refractivity contribution in [3.05, 3.63) is 28.3 Å². The van der Waals surface area contributed by atoms with Gasteiger partial charge in [-0.1, -0.05) is 0 Å². The Morgan fingerprint density at radius 1 is 0.971 bits per heavy atom. The fourth-order valence-electron chi connectivity index (χ4n) is 3.23. The van der Waals surface area contributed by atoms with Gasteiger partial charge in [0.25, 0.3) is 5.69 Å². The van der Waals surface area contributed by atoms with Crippen molar-refractivity contribution in [1.29, 1.82) is 0 Å². The van der Waals surface area contributed by atoms with Gasteiger partial charge in [-0.3, -0.25) is 24.5 Å². The van der Waals surface area contributed by atoms with Gasteiger partial charge in [0, 0.05) is 40.0 Å². The van der Waals surface area contributed by atoms with Gasteiger partial charge < -0.3 is 33.7 Å². The van der Waals surface area contributed by atoms with Gasteiger partial charge in [0.15, 0.2) is 18.3 Å². The van der Waals surface area contributed by atoms with Crippen LogP contribution in [0.4, 0.5) is 11.4 Å². The summed E-state index contributed by atoms with van der Waals surface area (Å²) in [6.45, 7) is 3.18. The molecule has 1 aromatic carbocycles. The lowest BCUT2D eigenvalue weighted by molar-refractivity contribution is -0.384. The van der Waals surface area contributed by atoms with Crippen molar-refractivity contribution in [1.82, 2.24) is 0 Å². The van der Waals surface area contributed by atoms with E-state index in [1.54, 1.807) is 0 Å². The Kier molecular flexibility index (Phi) is 8.72. The molecule has 0 amide bonds. The van der Waals surface area contributed by atoms with E-state index in [-0.39, 0.29) is 17.1 Å². The number of carbonyl (C=O) groups is 4. The lowest BCUT2D eigenvalue weighted by Gasteiger charge is -2.43. The predicted molar refractivity (Wildman–Crippen MR) is 111 cm³/mol. The van der Waals surface area contributed by atoms with Crippen LogP contribution < -0.4 is 10.1 Å². The van der Waals surface area contributed by atoms with Crippen LogP contribution in [0.2, 0.25) is 0 Å². The highest BCUT2D eigenvalue weighted by Gasteiger charge is 2.56. The second kappa shape index (κ2) is 11.3. The van der Waals surface area contributed by atoms with E-state index in [1.165, 1.54) is 19.2 Å². The number of ether oxygens (including phenoxy) is 6. The lowest BCUT2D eigenvalue weighted by atomic mass is 9.97. The fraction of sp³-hybridized carbons (Fsp3) is 0.500. The first-order valence-corrected chi connectivity index (χ1v) is 9.86. The van der Waals surface area contributed by atoms with Crippen LogP contribution in [0, 0.1) is 10.1 Å². The van der Waals surface area contributed by atoms with Gasteiger partial charge in [0.1, 0.15) is 5.75 Å². The minimum Gasteiger partial charge on any atom is -0.467 e. The first-order valence-electron chi connectivity index (χ1n) is 9.86. The number of nitro benzene ring substituents is 1. The third kappa shape index (κ3) is 6.31. The third-order valence-corrected chi connectivity index (χ3v) is 4.52. The van der Waals surface area contributed by atoms with Crippen LogP contribution in [0.1, 0.15) is 20.8 Å². The Bertz CT molecular complexity index is 965. The zero-order chi connectivity index (χ0) is 25.6. The molecule has 0 bridgehead atoms. The van der Waals surface area contributed by atoms with E-state index in [1.807, 2.05) is 0 Å². The molecule has 0 saturated carbocycles. The Balaban J connectivity index is 2.56. The molecule has 186 valence electrons. The van der Waals surface area contributed by atoms with Crippen molar-refractivity contribution in [3.63, 3.8) is 0 Å². The summed E-state index contributed by atoms with van der Waals surface area (Å²) >= 11 is 0. The number of benzene rings is 1. The average molecular weight is 484 g/mol. The molecule has 1 aliphatic rings. The normalized spacial score (nSPS) is 23.7. The second-order valence-corrected chi connectivity index (χ2v) is 6.98. The van der Waals surface area contributed by atoms with Crippen molar-refractivity contribution in [2.45, 2.75) is 51.5 Å². The monoisotopic (exact) mass is 484 g/mol. The summed E-state index contributed by atoms with van der Waals surface area (Å²) in [7, 11) is 2.54. The van der Waals surface area contributed by atoms with Crippen LogP contribution in [0.5, 0.6) is 5.75 Å². The molecule has 1 N–H and O–H groups in total. The fourth-order valence-corrected chi connectivity index (χ4v) is 3.23. The molecule has 14 nitrogen and oxygen atoms in total. The van der Waals surface area contributed by atoms with Gasteiger partial charge in [0.05, 0.1) is 17.7 Å². The number of hydrogen-bond donors (Lipinski definition) is 1. The zero-order valence-electron chi connectivity index (χ0n) is 19.0.